The zero-order valence-corrected chi connectivity index (χ0v) is 15.4. The summed E-state index contributed by atoms with van der Waals surface area (Å²) in [5.74, 6) is -0.400. The van der Waals surface area contributed by atoms with Crippen molar-refractivity contribution in [3.05, 3.63) is 23.2 Å². The topological polar surface area (TPSA) is 90.0 Å². The number of nitrogens with one attached hydrogen (secondary N) is 1. The van der Waals surface area contributed by atoms with E-state index >= 15 is 0 Å². The third-order valence-electron chi connectivity index (χ3n) is 3.47. The third kappa shape index (κ3) is 4.21. The number of aromatic nitrogens is 2. The molecule has 0 radical (unpaired) electrons. The van der Waals surface area contributed by atoms with E-state index in [1.54, 1.807) is 6.07 Å². The van der Waals surface area contributed by atoms with Gasteiger partial charge in [0.15, 0.2) is 5.16 Å². The quantitative estimate of drug-likeness (QED) is 0.764. The van der Waals surface area contributed by atoms with Gasteiger partial charge >= 0.3 is 6.03 Å². The van der Waals surface area contributed by atoms with E-state index in [0.717, 1.165) is 29.2 Å². The number of amides is 3. The molecule has 0 aliphatic carbocycles. The number of hydrogen-bond donors (Lipinski definition) is 2. The predicted molar refractivity (Wildman–Crippen MR) is 97.2 cm³/mol. The van der Waals surface area contributed by atoms with E-state index in [2.05, 4.69) is 21.8 Å². The molecule has 6 nitrogen and oxygen atoms in total. The van der Waals surface area contributed by atoms with E-state index < -0.39 is 17.2 Å². The molecular weight excluding hydrogens is 348 g/mol. The average molecular weight is 369 g/mol. The lowest BCUT2D eigenvalue weighted by Gasteiger charge is -2.19. The highest BCUT2D eigenvalue weighted by atomic mass is 35.5. The van der Waals surface area contributed by atoms with Crippen molar-refractivity contribution < 1.29 is 9.59 Å². The Hall–Kier alpha value is -1.73. The summed E-state index contributed by atoms with van der Waals surface area (Å²) in [4.78, 5) is 27.9. The van der Waals surface area contributed by atoms with Gasteiger partial charge in [-0.25, -0.2) is 9.78 Å². The van der Waals surface area contributed by atoms with Crippen LogP contribution in [0.25, 0.3) is 11.0 Å². The summed E-state index contributed by atoms with van der Waals surface area (Å²) in [5, 5.41) is 3.03. The van der Waals surface area contributed by atoms with Crippen LogP contribution in [0.4, 0.5) is 4.79 Å². The molecule has 8 heteroatoms. The van der Waals surface area contributed by atoms with Crippen molar-refractivity contribution in [1.82, 2.24) is 14.9 Å². The summed E-state index contributed by atoms with van der Waals surface area (Å²) in [6.07, 6.45) is 0.932. The van der Waals surface area contributed by atoms with Gasteiger partial charge in [-0.1, -0.05) is 44.1 Å². The van der Waals surface area contributed by atoms with Gasteiger partial charge in [0.1, 0.15) is 0 Å². The fourth-order valence-electron chi connectivity index (χ4n) is 2.41. The lowest BCUT2D eigenvalue weighted by atomic mass is 10.1. The molecule has 0 fully saturated rings. The van der Waals surface area contributed by atoms with Crippen LogP contribution < -0.4 is 11.1 Å². The monoisotopic (exact) mass is 368 g/mol. The number of halogens is 1. The lowest BCUT2D eigenvalue weighted by molar-refractivity contribution is -0.120. The van der Waals surface area contributed by atoms with Crippen molar-refractivity contribution in [1.29, 1.82) is 0 Å². The van der Waals surface area contributed by atoms with Crippen LogP contribution in [0.3, 0.4) is 0 Å². The summed E-state index contributed by atoms with van der Waals surface area (Å²) in [6, 6.07) is 4.71. The number of benzene rings is 1. The van der Waals surface area contributed by atoms with Crippen molar-refractivity contribution in [3.8, 4) is 0 Å². The Morgan fingerprint density at radius 2 is 2.12 bits per heavy atom. The molecule has 0 saturated heterocycles. The van der Waals surface area contributed by atoms with Gasteiger partial charge in [-0.05, 0) is 30.5 Å². The number of urea groups is 1. The summed E-state index contributed by atoms with van der Waals surface area (Å²) in [6.45, 7) is 6.70. The van der Waals surface area contributed by atoms with Gasteiger partial charge < -0.3 is 10.3 Å². The van der Waals surface area contributed by atoms with Gasteiger partial charge in [-0.2, -0.15) is 0 Å². The maximum atomic E-state index is 12.2. The molecule has 3 amide bonds. The van der Waals surface area contributed by atoms with Gasteiger partial charge in [0, 0.05) is 11.6 Å². The zero-order chi connectivity index (χ0) is 17.9. The van der Waals surface area contributed by atoms with E-state index in [1.165, 1.54) is 11.8 Å². The van der Waals surface area contributed by atoms with Gasteiger partial charge in [-0.3, -0.25) is 10.1 Å². The Labute approximate surface area is 150 Å². The maximum absolute atomic E-state index is 12.2. The molecule has 1 aromatic carbocycles. The fraction of sp³-hybridized carbons (Fsp3) is 0.438. The van der Waals surface area contributed by atoms with E-state index in [0.29, 0.717) is 5.02 Å². The SMILES string of the molecule is CCCn1c(SC(C(=O)NC(N)=O)C(C)C)nc2cc(Cl)ccc21. The Kier molecular flexibility index (Phi) is 6.12. The summed E-state index contributed by atoms with van der Waals surface area (Å²) >= 11 is 7.38. The Balaban J connectivity index is 2.40. The van der Waals surface area contributed by atoms with Crippen LogP contribution in [-0.4, -0.2) is 26.7 Å². The molecule has 0 aliphatic heterocycles. The van der Waals surface area contributed by atoms with Crippen molar-refractivity contribution in [2.24, 2.45) is 11.7 Å². The number of imidazole rings is 1. The molecule has 0 bridgehead atoms. The number of imide groups is 1. The molecule has 2 rings (SSSR count). The van der Waals surface area contributed by atoms with Crippen molar-refractivity contribution in [2.75, 3.05) is 0 Å². The Bertz CT molecular complexity index is 760. The summed E-state index contributed by atoms with van der Waals surface area (Å²) < 4.78 is 2.07. The lowest BCUT2D eigenvalue weighted by Crippen LogP contribution is -2.42. The van der Waals surface area contributed by atoms with E-state index in [4.69, 9.17) is 17.3 Å². The first kappa shape index (κ1) is 18.6. The second kappa shape index (κ2) is 7.90. The van der Waals surface area contributed by atoms with Crippen LogP contribution in [0, 0.1) is 5.92 Å². The first-order chi connectivity index (χ1) is 11.3. The number of fused-ring (bicyclic) bond motifs is 1. The molecule has 130 valence electrons. The van der Waals surface area contributed by atoms with Crippen LogP contribution in [0.15, 0.2) is 23.4 Å². The number of hydrogen-bond acceptors (Lipinski definition) is 4. The molecule has 1 unspecified atom stereocenters. The predicted octanol–water partition coefficient (Wildman–Crippen LogP) is 3.41. The van der Waals surface area contributed by atoms with Gasteiger partial charge in [-0.15, -0.1) is 0 Å². The van der Waals surface area contributed by atoms with E-state index in [9.17, 15) is 9.59 Å². The number of thioether (sulfide) groups is 1. The summed E-state index contributed by atoms with van der Waals surface area (Å²) in [7, 11) is 0. The van der Waals surface area contributed by atoms with Crippen molar-refractivity contribution >= 4 is 46.3 Å². The second-order valence-corrected chi connectivity index (χ2v) is 7.36. The average Bonchev–Trinajstić information content (AvgIpc) is 2.81. The van der Waals surface area contributed by atoms with Gasteiger partial charge in [0.25, 0.3) is 0 Å². The second-order valence-electron chi connectivity index (χ2n) is 5.82. The van der Waals surface area contributed by atoms with Crippen molar-refractivity contribution in [2.45, 2.75) is 44.1 Å². The molecule has 3 N–H and O–H groups in total. The number of aryl methyl sites for hydroxylation is 1. The maximum Gasteiger partial charge on any atom is 0.318 e. The number of carbonyl (C=O) groups excluding carboxylic acids is 2. The fourth-order valence-corrected chi connectivity index (χ4v) is 3.71. The number of nitrogens with zero attached hydrogens (tertiary/aromatic N) is 2. The largest absolute Gasteiger partial charge is 0.351 e. The van der Waals surface area contributed by atoms with Gasteiger partial charge in [0.2, 0.25) is 5.91 Å². The molecule has 24 heavy (non-hydrogen) atoms. The van der Waals surface area contributed by atoms with E-state index in [-0.39, 0.29) is 5.92 Å². The number of carbonyl (C=O) groups is 2. The normalized spacial score (nSPS) is 12.5. The molecule has 0 saturated carbocycles. The molecule has 1 heterocycles. The summed E-state index contributed by atoms with van der Waals surface area (Å²) in [5.41, 5.74) is 6.83. The van der Waals surface area contributed by atoms with Crippen LogP contribution in [0.2, 0.25) is 5.02 Å². The molecule has 2 aromatic rings. The number of rotatable bonds is 6. The van der Waals surface area contributed by atoms with Crippen LogP contribution in [0.5, 0.6) is 0 Å². The standard InChI is InChI=1S/C16H21ClN4O2S/c1-4-7-21-12-6-5-10(17)8-11(12)19-16(21)24-13(9(2)3)14(22)20-15(18)23/h5-6,8-9,13H,4,7H2,1-3H3,(H3,18,20,22,23). The molecule has 1 atom stereocenters. The molecule has 0 spiro atoms. The van der Waals surface area contributed by atoms with Gasteiger partial charge in [0.05, 0.1) is 16.3 Å². The smallest absolute Gasteiger partial charge is 0.318 e. The first-order valence-electron chi connectivity index (χ1n) is 7.76. The number of primary amides is 1. The molecular formula is C16H21ClN4O2S. The molecule has 1 aromatic heterocycles. The molecule has 0 aliphatic rings. The van der Waals surface area contributed by atoms with Crippen LogP contribution >= 0.6 is 23.4 Å². The Morgan fingerprint density at radius 1 is 1.42 bits per heavy atom. The first-order valence-corrected chi connectivity index (χ1v) is 9.02. The minimum absolute atomic E-state index is 0.00725. The minimum Gasteiger partial charge on any atom is -0.351 e. The zero-order valence-electron chi connectivity index (χ0n) is 13.9. The highest BCUT2D eigenvalue weighted by Gasteiger charge is 2.27. The van der Waals surface area contributed by atoms with Crippen LogP contribution in [0.1, 0.15) is 27.2 Å². The third-order valence-corrected chi connectivity index (χ3v) is 5.24. The minimum atomic E-state index is -0.847. The highest BCUT2D eigenvalue weighted by Crippen LogP contribution is 2.32. The number of nitrogens with two attached hydrogens (primary N) is 1. The van der Waals surface area contributed by atoms with Crippen molar-refractivity contribution in [3.63, 3.8) is 0 Å². The Morgan fingerprint density at radius 3 is 2.71 bits per heavy atom. The van der Waals surface area contributed by atoms with E-state index in [1.807, 2.05) is 26.0 Å². The van der Waals surface area contributed by atoms with Crippen LogP contribution in [-0.2, 0) is 11.3 Å². The highest BCUT2D eigenvalue weighted by molar-refractivity contribution is 8.00.